The fraction of sp³-hybridized carbons (Fsp3) is 0.533. The molecular weight excluding hydrogens is 238 g/mol. The molecule has 0 aliphatic carbocycles. The number of anilines is 2. The van der Waals surface area contributed by atoms with Crippen LogP contribution in [0.3, 0.4) is 0 Å². The fourth-order valence-electron chi connectivity index (χ4n) is 2.77. The molecule has 4 nitrogen and oxygen atoms in total. The van der Waals surface area contributed by atoms with Crippen molar-refractivity contribution in [2.24, 2.45) is 0 Å². The van der Waals surface area contributed by atoms with Crippen LogP contribution in [0, 0.1) is 6.92 Å². The first-order valence-corrected chi connectivity index (χ1v) is 7.00. The van der Waals surface area contributed by atoms with Crippen molar-refractivity contribution in [2.45, 2.75) is 39.2 Å². The number of amides is 1. The van der Waals surface area contributed by atoms with Crippen molar-refractivity contribution in [3.05, 3.63) is 23.8 Å². The van der Waals surface area contributed by atoms with Gasteiger partial charge in [-0.1, -0.05) is 6.92 Å². The van der Waals surface area contributed by atoms with Crippen LogP contribution >= 0.6 is 0 Å². The Morgan fingerprint density at radius 3 is 3.00 bits per heavy atom. The number of carbonyl (C=O) groups excluding carboxylic acids is 1. The highest BCUT2D eigenvalue weighted by molar-refractivity contribution is 5.93. The summed E-state index contributed by atoms with van der Waals surface area (Å²) in [5.41, 5.74) is 8.28. The van der Waals surface area contributed by atoms with E-state index in [1.165, 1.54) is 12.8 Å². The molecule has 1 aliphatic rings. The van der Waals surface area contributed by atoms with Gasteiger partial charge in [-0.05, 0) is 56.5 Å². The lowest BCUT2D eigenvalue weighted by molar-refractivity contribution is -0.117. The van der Waals surface area contributed by atoms with Crippen LogP contribution in [0.25, 0.3) is 0 Å². The van der Waals surface area contributed by atoms with Gasteiger partial charge in [0.05, 0.1) is 6.54 Å². The number of nitrogens with one attached hydrogen (secondary N) is 1. The Hall–Kier alpha value is -1.55. The summed E-state index contributed by atoms with van der Waals surface area (Å²) in [5, 5.41) is 2.97. The number of benzene rings is 1. The Morgan fingerprint density at radius 1 is 1.53 bits per heavy atom. The van der Waals surface area contributed by atoms with Crippen molar-refractivity contribution >= 4 is 17.3 Å². The maximum atomic E-state index is 12.1. The average Bonchev–Trinajstić information content (AvgIpc) is 2.80. The molecule has 1 saturated heterocycles. The summed E-state index contributed by atoms with van der Waals surface area (Å²) in [5.74, 6) is 0.0632. The Bertz CT molecular complexity index is 459. The number of nitrogens with zero attached hydrogens (tertiary/aromatic N) is 1. The van der Waals surface area contributed by atoms with Gasteiger partial charge in [0.25, 0.3) is 0 Å². The maximum absolute atomic E-state index is 12.1. The summed E-state index contributed by atoms with van der Waals surface area (Å²) >= 11 is 0. The van der Waals surface area contributed by atoms with Crippen LogP contribution in [0.2, 0.25) is 0 Å². The van der Waals surface area contributed by atoms with E-state index in [0.29, 0.717) is 12.6 Å². The van der Waals surface area contributed by atoms with Gasteiger partial charge < -0.3 is 11.1 Å². The summed E-state index contributed by atoms with van der Waals surface area (Å²) in [6, 6.07) is 6.12. The topological polar surface area (TPSA) is 58.4 Å². The van der Waals surface area contributed by atoms with Gasteiger partial charge in [-0.3, -0.25) is 9.69 Å². The van der Waals surface area contributed by atoms with Crippen molar-refractivity contribution in [2.75, 3.05) is 24.1 Å². The van der Waals surface area contributed by atoms with Crippen LogP contribution < -0.4 is 11.1 Å². The minimum absolute atomic E-state index is 0.0632. The van der Waals surface area contributed by atoms with Gasteiger partial charge in [0, 0.05) is 17.4 Å². The third kappa shape index (κ3) is 3.47. The second kappa shape index (κ2) is 6.06. The van der Waals surface area contributed by atoms with Gasteiger partial charge in [0.15, 0.2) is 0 Å². The fourth-order valence-corrected chi connectivity index (χ4v) is 2.77. The number of aryl methyl sites for hydroxylation is 1. The molecule has 0 spiro atoms. The SMILES string of the molecule is CCC1CCCN1CC(=O)Nc1ccc(N)cc1C. The van der Waals surface area contributed by atoms with Crippen molar-refractivity contribution < 1.29 is 4.79 Å². The highest BCUT2D eigenvalue weighted by atomic mass is 16.2. The standard InChI is InChI=1S/C15H23N3O/c1-3-13-5-4-8-18(13)10-15(19)17-14-7-6-12(16)9-11(14)2/h6-7,9,13H,3-5,8,10,16H2,1-2H3,(H,17,19). The Labute approximate surface area is 115 Å². The first-order valence-electron chi connectivity index (χ1n) is 7.00. The van der Waals surface area contributed by atoms with Gasteiger partial charge >= 0.3 is 0 Å². The molecule has 1 heterocycles. The van der Waals surface area contributed by atoms with E-state index in [1.807, 2.05) is 25.1 Å². The first kappa shape index (κ1) is 13.9. The van der Waals surface area contributed by atoms with Crippen LogP contribution in [-0.2, 0) is 4.79 Å². The molecule has 2 rings (SSSR count). The number of rotatable bonds is 4. The molecule has 1 aromatic carbocycles. The lowest BCUT2D eigenvalue weighted by atomic mass is 10.1. The predicted octanol–water partition coefficient (Wildman–Crippen LogP) is 2.39. The summed E-state index contributed by atoms with van der Waals surface area (Å²) in [6.45, 7) is 5.66. The zero-order valence-corrected chi connectivity index (χ0v) is 11.8. The second-order valence-corrected chi connectivity index (χ2v) is 5.30. The zero-order chi connectivity index (χ0) is 13.8. The van der Waals surface area contributed by atoms with Crippen LogP contribution in [0.15, 0.2) is 18.2 Å². The number of carbonyl (C=O) groups is 1. The minimum Gasteiger partial charge on any atom is -0.399 e. The number of nitrogens with two attached hydrogens (primary N) is 1. The molecule has 1 fully saturated rings. The Balaban J connectivity index is 1.94. The van der Waals surface area contributed by atoms with Gasteiger partial charge in [-0.2, -0.15) is 0 Å². The molecule has 1 unspecified atom stereocenters. The smallest absolute Gasteiger partial charge is 0.238 e. The third-order valence-corrected chi connectivity index (χ3v) is 3.84. The van der Waals surface area contributed by atoms with E-state index in [2.05, 4.69) is 17.1 Å². The predicted molar refractivity (Wildman–Crippen MR) is 79.1 cm³/mol. The molecule has 3 N–H and O–H groups in total. The van der Waals surface area contributed by atoms with E-state index in [-0.39, 0.29) is 5.91 Å². The van der Waals surface area contributed by atoms with E-state index in [9.17, 15) is 4.79 Å². The Morgan fingerprint density at radius 2 is 2.32 bits per heavy atom. The molecule has 0 aromatic heterocycles. The Kier molecular flexibility index (Phi) is 4.43. The van der Waals surface area contributed by atoms with Crippen LogP contribution in [-0.4, -0.2) is 29.9 Å². The quantitative estimate of drug-likeness (QED) is 0.818. The normalized spacial score (nSPS) is 19.6. The molecule has 1 amide bonds. The molecule has 4 heteroatoms. The lowest BCUT2D eigenvalue weighted by Crippen LogP contribution is -2.36. The molecule has 1 aromatic rings. The second-order valence-electron chi connectivity index (χ2n) is 5.30. The highest BCUT2D eigenvalue weighted by Crippen LogP contribution is 2.20. The van der Waals surface area contributed by atoms with E-state index < -0.39 is 0 Å². The molecule has 1 aliphatic heterocycles. The zero-order valence-electron chi connectivity index (χ0n) is 11.8. The van der Waals surface area contributed by atoms with Gasteiger partial charge in [0.2, 0.25) is 5.91 Å². The molecule has 104 valence electrons. The van der Waals surface area contributed by atoms with Crippen LogP contribution in [0.4, 0.5) is 11.4 Å². The average molecular weight is 261 g/mol. The first-order chi connectivity index (χ1) is 9.10. The number of hydrogen-bond acceptors (Lipinski definition) is 3. The largest absolute Gasteiger partial charge is 0.399 e. The lowest BCUT2D eigenvalue weighted by Gasteiger charge is -2.22. The number of likely N-dealkylation sites (tertiary alicyclic amines) is 1. The van der Waals surface area contributed by atoms with Crippen molar-refractivity contribution in [1.29, 1.82) is 0 Å². The van der Waals surface area contributed by atoms with Crippen LogP contribution in [0.1, 0.15) is 31.7 Å². The molecule has 1 atom stereocenters. The maximum Gasteiger partial charge on any atom is 0.238 e. The van der Waals surface area contributed by atoms with Crippen molar-refractivity contribution in [1.82, 2.24) is 4.90 Å². The van der Waals surface area contributed by atoms with Crippen molar-refractivity contribution in [3.8, 4) is 0 Å². The van der Waals surface area contributed by atoms with Crippen LogP contribution in [0.5, 0.6) is 0 Å². The minimum atomic E-state index is 0.0632. The van der Waals surface area contributed by atoms with E-state index in [4.69, 9.17) is 5.73 Å². The van der Waals surface area contributed by atoms with Gasteiger partial charge in [0.1, 0.15) is 0 Å². The van der Waals surface area contributed by atoms with Crippen molar-refractivity contribution in [3.63, 3.8) is 0 Å². The summed E-state index contributed by atoms with van der Waals surface area (Å²) < 4.78 is 0. The third-order valence-electron chi connectivity index (χ3n) is 3.84. The molecule has 0 saturated carbocycles. The number of nitrogen functional groups attached to an aromatic ring is 1. The summed E-state index contributed by atoms with van der Waals surface area (Å²) in [6.07, 6.45) is 3.53. The molecular formula is C15H23N3O. The molecule has 0 radical (unpaired) electrons. The van der Waals surface area contributed by atoms with E-state index >= 15 is 0 Å². The highest BCUT2D eigenvalue weighted by Gasteiger charge is 2.24. The van der Waals surface area contributed by atoms with Gasteiger partial charge in [-0.15, -0.1) is 0 Å². The van der Waals surface area contributed by atoms with Gasteiger partial charge in [-0.25, -0.2) is 0 Å². The van der Waals surface area contributed by atoms with E-state index in [0.717, 1.165) is 29.9 Å². The summed E-state index contributed by atoms with van der Waals surface area (Å²) in [4.78, 5) is 14.4. The summed E-state index contributed by atoms with van der Waals surface area (Å²) in [7, 11) is 0. The van der Waals surface area contributed by atoms with E-state index in [1.54, 1.807) is 0 Å². The monoisotopic (exact) mass is 261 g/mol. The molecule has 19 heavy (non-hydrogen) atoms. The number of hydrogen-bond donors (Lipinski definition) is 2. The molecule has 0 bridgehead atoms.